The average Bonchev–Trinajstić information content (AvgIpc) is 3.08. The Labute approximate surface area is 121 Å². The molecule has 1 aromatic rings. The van der Waals surface area contributed by atoms with Crippen molar-refractivity contribution in [1.82, 2.24) is 10.0 Å². The average molecular weight is 294 g/mol. The standard InChI is InChI=1S/C15H22N2O2S/c18-20(19,17-10-8-14-5-2-9-16-14)15-7-6-12-3-1-4-13(12)11-15/h6-7,11,14,16-17H,1-5,8-10H2. The maximum atomic E-state index is 12.3. The molecule has 1 unspecified atom stereocenters. The molecule has 2 N–H and O–H groups in total. The van der Waals surface area contributed by atoms with Gasteiger partial charge in [0.1, 0.15) is 0 Å². The second kappa shape index (κ2) is 5.84. The molecule has 20 heavy (non-hydrogen) atoms. The molecule has 110 valence electrons. The second-order valence-electron chi connectivity index (χ2n) is 5.76. The Kier molecular flexibility index (Phi) is 4.10. The molecular weight excluding hydrogens is 272 g/mol. The number of nitrogens with one attached hydrogen (secondary N) is 2. The zero-order valence-corrected chi connectivity index (χ0v) is 12.5. The Morgan fingerprint density at radius 2 is 2.05 bits per heavy atom. The minimum atomic E-state index is -3.35. The van der Waals surface area contributed by atoms with Crippen LogP contribution in [0.5, 0.6) is 0 Å². The first-order chi connectivity index (χ1) is 9.65. The lowest BCUT2D eigenvalue weighted by atomic mass is 10.1. The van der Waals surface area contributed by atoms with Gasteiger partial charge >= 0.3 is 0 Å². The van der Waals surface area contributed by atoms with E-state index in [0.717, 1.165) is 38.6 Å². The topological polar surface area (TPSA) is 58.2 Å². The van der Waals surface area contributed by atoms with Gasteiger partial charge in [0.25, 0.3) is 0 Å². The normalized spacial score (nSPS) is 22.1. The zero-order valence-electron chi connectivity index (χ0n) is 11.7. The van der Waals surface area contributed by atoms with Gasteiger partial charge in [-0.05, 0) is 68.3 Å². The first-order valence-corrected chi connectivity index (χ1v) is 8.98. The van der Waals surface area contributed by atoms with E-state index < -0.39 is 10.0 Å². The van der Waals surface area contributed by atoms with E-state index in [0.29, 0.717) is 17.5 Å². The summed E-state index contributed by atoms with van der Waals surface area (Å²) in [7, 11) is -3.35. The molecule has 0 spiro atoms. The molecule has 1 heterocycles. The largest absolute Gasteiger partial charge is 0.314 e. The molecule has 0 amide bonds. The van der Waals surface area contributed by atoms with Crippen molar-refractivity contribution in [2.75, 3.05) is 13.1 Å². The number of sulfonamides is 1. The Morgan fingerprint density at radius 1 is 1.20 bits per heavy atom. The molecule has 5 heteroatoms. The fourth-order valence-corrected chi connectivity index (χ4v) is 4.27. The van der Waals surface area contributed by atoms with Gasteiger partial charge in [0.05, 0.1) is 4.90 Å². The predicted octanol–water partition coefficient (Wildman–Crippen LogP) is 1.60. The summed E-state index contributed by atoms with van der Waals surface area (Å²) in [5, 5.41) is 3.38. The van der Waals surface area contributed by atoms with Gasteiger partial charge in [-0.3, -0.25) is 0 Å². The Morgan fingerprint density at radius 3 is 2.85 bits per heavy atom. The lowest BCUT2D eigenvalue weighted by Crippen LogP contribution is -2.30. The van der Waals surface area contributed by atoms with Crippen LogP contribution in [0.4, 0.5) is 0 Å². The summed E-state index contributed by atoms with van der Waals surface area (Å²) < 4.78 is 27.3. The number of benzene rings is 1. The second-order valence-corrected chi connectivity index (χ2v) is 7.53. The van der Waals surface area contributed by atoms with Gasteiger partial charge in [-0.2, -0.15) is 0 Å². The van der Waals surface area contributed by atoms with E-state index in [9.17, 15) is 8.42 Å². The molecule has 1 fully saturated rings. The van der Waals surface area contributed by atoms with E-state index in [1.165, 1.54) is 17.5 Å². The van der Waals surface area contributed by atoms with Crippen LogP contribution in [0.3, 0.4) is 0 Å². The highest BCUT2D eigenvalue weighted by atomic mass is 32.2. The molecule has 4 nitrogen and oxygen atoms in total. The summed E-state index contributed by atoms with van der Waals surface area (Å²) in [5.41, 5.74) is 2.50. The summed E-state index contributed by atoms with van der Waals surface area (Å²) in [5.74, 6) is 0. The van der Waals surface area contributed by atoms with Crippen LogP contribution in [-0.2, 0) is 22.9 Å². The van der Waals surface area contributed by atoms with Gasteiger partial charge in [-0.1, -0.05) is 6.07 Å². The molecular formula is C15H22N2O2S. The summed E-state index contributed by atoms with van der Waals surface area (Å²) in [4.78, 5) is 0.414. The van der Waals surface area contributed by atoms with Crippen LogP contribution in [0, 0.1) is 0 Å². The maximum absolute atomic E-state index is 12.3. The molecule has 0 saturated carbocycles. The van der Waals surface area contributed by atoms with Crippen molar-refractivity contribution in [3.8, 4) is 0 Å². The summed E-state index contributed by atoms with van der Waals surface area (Å²) in [6.45, 7) is 1.57. The smallest absolute Gasteiger partial charge is 0.240 e. The van der Waals surface area contributed by atoms with Gasteiger partial charge < -0.3 is 5.32 Å². The van der Waals surface area contributed by atoms with E-state index in [1.54, 1.807) is 6.07 Å². The number of rotatable bonds is 5. The zero-order chi connectivity index (χ0) is 14.0. The number of hydrogen-bond acceptors (Lipinski definition) is 3. The third-order valence-electron chi connectivity index (χ3n) is 4.33. The molecule has 3 rings (SSSR count). The SMILES string of the molecule is O=S(=O)(NCCC1CCCN1)c1ccc2c(c1)CCC2. The van der Waals surface area contributed by atoms with Gasteiger partial charge in [-0.15, -0.1) is 0 Å². The van der Waals surface area contributed by atoms with E-state index in [-0.39, 0.29) is 0 Å². The molecule has 1 atom stereocenters. The van der Waals surface area contributed by atoms with Gasteiger partial charge in [0, 0.05) is 12.6 Å². The van der Waals surface area contributed by atoms with Crippen molar-refractivity contribution >= 4 is 10.0 Å². The monoisotopic (exact) mass is 294 g/mol. The minimum absolute atomic E-state index is 0.414. The predicted molar refractivity (Wildman–Crippen MR) is 79.3 cm³/mol. The fraction of sp³-hybridized carbons (Fsp3) is 0.600. The van der Waals surface area contributed by atoms with Crippen LogP contribution < -0.4 is 10.0 Å². The highest BCUT2D eigenvalue weighted by Gasteiger charge is 2.19. The third-order valence-corrected chi connectivity index (χ3v) is 5.79. The highest BCUT2D eigenvalue weighted by Crippen LogP contribution is 2.24. The molecule has 1 aliphatic carbocycles. The van der Waals surface area contributed by atoms with E-state index in [2.05, 4.69) is 10.0 Å². The third kappa shape index (κ3) is 3.05. The quantitative estimate of drug-likeness (QED) is 0.867. The Hall–Kier alpha value is -0.910. The van der Waals surface area contributed by atoms with Crippen LogP contribution in [0.25, 0.3) is 0 Å². The Bertz CT molecular complexity index is 578. The first-order valence-electron chi connectivity index (χ1n) is 7.50. The summed E-state index contributed by atoms with van der Waals surface area (Å²) in [6.07, 6.45) is 6.44. The van der Waals surface area contributed by atoms with E-state index >= 15 is 0 Å². The molecule has 0 radical (unpaired) electrons. The van der Waals surface area contributed by atoms with Crippen LogP contribution in [0.15, 0.2) is 23.1 Å². The maximum Gasteiger partial charge on any atom is 0.240 e. The van der Waals surface area contributed by atoms with Crippen molar-refractivity contribution < 1.29 is 8.42 Å². The van der Waals surface area contributed by atoms with Crippen LogP contribution >= 0.6 is 0 Å². The lowest BCUT2D eigenvalue weighted by molar-refractivity contribution is 0.539. The van der Waals surface area contributed by atoms with Crippen LogP contribution in [0.1, 0.15) is 36.8 Å². The van der Waals surface area contributed by atoms with Crippen molar-refractivity contribution in [1.29, 1.82) is 0 Å². The number of hydrogen-bond donors (Lipinski definition) is 2. The molecule has 2 aliphatic rings. The molecule has 1 saturated heterocycles. The van der Waals surface area contributed by atoms with Crippen molar-refractivity contribution in [2.45, 2.75) is 49.5 Å². The fourth-order valence-electron chi connectivity index (χ4n) is 3.17. The van der Waals surface area contributed by atoms with Crippen LogP contribution in [-0.4, -0.2) is 27.5 Å². The van der Waals surface area contributed by atoms with E-state index in [4.69, 9.17) is 0 Å². The molecule has 0 aromatic heterocycles. The lowest BCUT2D eigenvalue weighted by Gasteiger charge is -2.12. The first kappa shape index (κ1) is 14.0. The van der Waals surface area contributed by atoms with Crippen molar-refractivity contribution in [3.63, 3.8) is 0 Å². The van der Waals surface area contributed by atoms with Crippen LogP contribution in [0.2, 0.25) is 0 Å². The number of fused-ring (bicyclic) bond motifs is 1. The van der Waals surface area contributed by atoms with Gasteiger partial charge in [0.2, 0.25) is 10.0 Å². The van der Waals surface area contributed by atoms with E-state index in [1.807, 2.05) is 12.1 Å². The minimum Gasteiger partial charge on any atom is -0.314 e. The van der Waals surface area contributed by atoms with Gasteiger partial charge in [0.15, 0.2) is 0 Å². The molecule has 1 aliphatic heterocycles. The summed E-state index contributed by atoms with van der Waals surface area (Å²) >= 11 is 0. The number of aryl methyl sites for hydroxylation is 2. The van der Waals surface area contributed by atoms with Gasteiger partial charge in [-0.25, -0.2) is 13.1 Å². The summed E-state index contributed by atoms with van der Waals surface area (Å²) in [6, 6.07) is 6.02. The molecule has 0 bridgehead atoms. The van der Waals surface area contributed by atoms with Crippen molar-refractivity contribution in [3.05, 3.63) is 29.3 Å². The van der Waals surface area contributed by atoms with Crippen molar-refractivity contribution in [2.24, 2.45) is 0 Å². The molecule has 1 aromatic carbocycles. The highest BCUT2D eigenvalue weighted by molar-refractivity contribution is 7.89. The Balaban J connectivity index is 1.62.